The summed E-state index contributed by atoms with van der Waals surface area (Å²) < 4.78 is 26.8. The molecular weight excluding hydrogens is 312 g/mol. The number of para-hydroxylation sites is 3. The first kappa shape index (κ1) is 16.0. The number of nitro groups is 1. The third kappa shape index (κ3) is 3.64. The van der Waals surface area contributed by atoms with Gasteiger partial charge in [0.1, 0.15) is 23.0 Å². The van der Waals surface area contributed by atoms with Crippen molar-refractivity contribution in [3.8, 4) is 0 Å². The van der Waals surface area contributed by atoms with Crippen molar-refractivity contribution in [2.45, 2.75) is 0 Å². The van der Waals surface area contributed by atoms with Crippen molar-refractivity contribution in [3.63, 3.8) is 0 Å². The molecule has 2 rings (SSSR count). The summed E-state index contributed by atoms with van der Waals surface area (Å²) in [7, 11) is 0. The van der Waals surface area contributed by atoms with Crippen LogP contribution < -0.4 is 10.6 Å². The van der Waals surface area contributed by atoms with E-state index in [0.717, 1.165) is 24.3 Å². The van der Waals surface area contributed by atoms with E-state index in [0.29, 0.717) is 0 Å². The van der Waals surface area contributed by atoms with Crippen molar-refractivity contribution >= 4 is 28.9 Å². The number of halogens is 2. The summed E-state index contributed by atoms with van der Waals surface area (Å²) in [5.41, 5.74) is -1.42. The van der Waals surface area contributed by atoms with E-state index in [-0.39, 0.29) is 5.69 Å². The maximum Gasteiger partial charge on any atom is 0.314 e. The number of anilines is 2. The number of hydrogen-bond acceptors (Lipinski definition) is 4. The Kier molecular flexibility index (Phi) is 4.60. The fourth-order valence-corrected chi connectivity index (χ4v) is 1.71. The van der Waals surface area contributed by atoms with Crippen LogP contribution in [0.2, 0.25) is 0 Å². The molecule has 9 heteroatoms. The third-order valence-electron chi connectivity index (χ3n) is 2.76. The number of nitrogens with one attached hydrogen (secondary N) is 2. The van der Waals surface area contributed by atoms with Gasteiger partial charge in [-0.3, -0.25) is 19.7 Å². The maximum atomic E-state index is 13.4. The number of carbonyl (C=O) groups is 2. The van der Waals surface area contributed by atoms with Crippen LogP contribution in [0, 0.1) is 21.7 Å². The maximum absolute atomic E-state index is 13.4. The molecule has 23 heavy (non-hydrogen) atoms. The molecule has 0 aliphatic rings. The van der Waals surface area contributed by atoms with Crippen molar-refractivity contribution in [1.29, 1.82) is 0 Å². The van der Waals surface area contributed by atoms with Crippen LogP contribution in [0.25, 0.3) is 0 Å². The van der Waals surface area contributed by atoms with E-state index in [9.17, 15) is 28.5 Å². The van der Waals surface area contributed by atoms with Gasteiger partial charge in [0, 0.05) is 6.07 Å². The molecular formula is C14H9F2N3O4. The zero-order chi connectivity index (χ0) is 17.0. The van der Waals surface area contributed by atoms with Crippen LogP contribution in [0.5, 0.6) is 0 Å². The fraction of sp³-hybridized carbons (Fsp3) is 0. The largest absolute Gasteiger partial charge is 0.314 e. The molecule has 0 bridgehead atoms. The summed E-state index contributed by atoms with van der Waals surface area (Å²) in [4.78, 5) is 33.5. The highest BCUT2D eigenvalue weighted by atomic mass is 19.1. The minimum atomic E-state index is -1.37. The van der Waals surface area contributed by atoms with E-state index in [1.807, 2.05) is 5.32 Å². The lowest BCUT2D eigenvalue weighted by molar-refractivity contribution is -0.383. The van der Waals surface area contributed by atoms with E-state index >= 15 is 0 Å². The number of benzene rings is 2. The van der Waals surface area contributed by atoms with Gasteiger partial charge in [0.15, 0.2) is 0 Å². The molecule has 0 aliphatic heterocycles. The van der Waals surface area contributed by atoms with E-state index in [2.05, 4.69) is 0 Å². The molecule has 2 amide bonds. The first-order valence-electron chi connectivity index (χ1n) is 6.20. The van der Waals surface area contributed by atoms with Gasteiger partial charge in [0.05, 0.1) is 4.92 Å². The second kappa shape index (κ2) is 6.60. The van der Waals surface area contributed by atoms with Crippen LogP contribution in [0.1, 0.15) is 0 Å². The number of nitrogens with zero attached hydrogens (tertiary/aromatic N) is 1. The van der Waals surface area contributed by atoms with Crippen LogP contribution in [-0.4, -0.2) is 16.7 Å². The van der Waals surface area contributed by atoms with Gasteiger partial charge in [0.25, 0.3) is 5.69 Å². The zero-order valence-corrected chi connectivity index (χ0v) is 11.4. The van der Waals surface area contributed by atoms with Crippen LogP contribution >= 0.6 is 0 Å². The average Bonchev–Trinajstić information content (AvgIpc) is 2.51. The molecule has 0 radical (unpaired) electrons. The van der Waals surface area contributed by atoms with Gasteiger partial charge < -0.3 is 10.6 Å². The first-order chi connectivity index (χ1) is 10.9. The van der Waals surface area contributed by atoms with E-state index < -0.39 is 39.7 Å². The molecule has 2 aromatic carbocycles. The Labute approximate surface area is 128 Å². The molecule has 0 aromatic heterocycles. The second-order valence-electron chi connectivity index (χ2n) is 4.28. The molecule has 0 heterocycles. The van der Waals surface area contributed by atoms with E-state index in [1.54, 1.807) is 5.32 Å². The minimum Gasteiger partial charge on any atom is -0.313 e. The molecule has 0 aliphatic carbocycles. The van der Waals surface area contributed by atoms with Gasteiger partial charge in [-0.05, 0) is 18.2 Å². The van der Waals surface area contributed by atoms with Crippen molar-refractivity contribution in [2.24, 2.45) is 0 Å². The number of nitro benzene ring substituents is 1. The van der Waals surface area contributed by atoms with Crippen molar-refractivity contribution in [1.82, 2.24) is 0 Å². The lowest BCUT2D eigenvalue weighted by Crippen LogP contribution is -2.30. The highest BCUT2D eigenvalue weighted by Crippen LogP contribution is 2.23. The fourth-order valence-electron chi connectivity index (χ4n) is 1.71. The molecule has 2 N–H and O–H groups in total. The summed E-state index contributed by atoms with van der Waals surface area (Å²) >= 11 is 0. The summed E-state index contributed by atoms with van der Waals surface area (Å²) in [5, 5.41) is 14.6. The van der Waals surface area contributed by atoms with Gasteiger partial charge in [-0.15, -0.1) is 0 Å². The van der Waals surface area contributed by atoms with Crippen LogP contribution in [0.15, 0.2) is 42.5 Å². The highest BCUT2D eigenvalue weighted by molar-refractivity contribution is 6.43. The standard InChI is InChI=1S/C14H9F2N3O4/c15-8-4-3-5-9(16)12(8)18-14(21)13(20)17-10-6-1-2-7-11(10)19(22)23/h1-7H,(H,17,20)(H,18,21). The van der Waals surface area contributed by atoms with Crippen molar-refractivity contribution in [3.05, 3.63) is 64.2 Å². The summed E-state index contributed by atoms with van der Waals surface area (Å²) in [5.74, 6) is -4.79. The molecule has 0 spiro atoms. The van der Waals surface area contributed by atoms with Crippen LogP contribution in [-0.2, 0) is 9.59 Å². The number of rotatable bonds is 3. The lowest BCUT2D eigenvalue weighted by Gasteiger charge is -2.08. The molecule has 0 fully saturated rings. The quantitative estimate of drug-likeness (QED) is 0.515. The Hall–Kier alpha value is -3.36. The normalized spacial score (nSPS) is 10.0. The van der Waals surface area contributed by atoms with Crippen LogP contribution in [0.4, 0.5) is 25.8 Å². The molecule has 118 valence electrons. The van der Waals surface area contributed by atoms with Crippen molar-refractivity contribution in [2.75, 3.05) is 10.6 Å². The van der Waals surface area contributed by atoms with Gasteiger partial charge in [-0.25, -0.2) is 8.78 Å². The second-order valence-corrected chi connectivity index (χ2v) is 4.28. The average molecular weight is 321 g/mol. The summed E-state index contributed by atoms with van der Waals surface area (Å²) in [6, 6.07) is 8.03. The first-order valence-corrected chi connectivity index (χ1v) is 6.20. The molecule has 7 nitrogen and oxygen atoms in total. The Morgan fingerprint density at radius 3 is 2.09 bits per heavy atom. The highest BCUT2D eigenvalue weighted by Gasteiger charge is 2.21. The predicted octanol–water partition coefficient (Wildman–Crippen LogP) is 2.45. The van der Waals surface area contributed by atoms with E-state index in [4.69, 9.17) is 0 Å². The monoisotopic (exact) mass is 321 g/mol. The Morgan fingerprint density at radius 2 is 1.48 bits per heavy atom. The van der Waals surface area contributed by atoms with Gasteiger partial charge >= 0.3 is 11.8 Å². The predicted molar refractivity (Wildman–Crippen MR) is 76.7 cm³/mol. The van der Waals surface area contributed by atoms with Gasteiger partial charge in [-0.2, -0.15) is 0 Å². The zero-order valence-electron chi connectivity index (χ0n) is 11.4. The number of amides is 2. The Morgan fingerprint density at radius 1 is 0.913 bits per heavy atom. The third-order valence-corrected chi connectivity index (χ3v) is 2.76. The van der Waals surface area contributed by atoms with Gasteiger partial charge in [-0.1, -0.05) is 18.2 Å². The molecule has 0 unspecified atom stereocenters. The summed E-state index contributed by atoms with van der Waals surface area (Å²) in [6.07, 6.45) is 0. The smallest absolute Gasteiger partial charge is 0.313 e. The summed E-state index contributed by atoms with van der Waals surface area (Å²) in [6.45, 7) is 0. The Bertz CT molecular complexity index is 775. The topological polar surface area (TPSA) is 101 Å². The van der Waals surface area contributed by atoms with E-state index in [1.165, 1.54) is 18.2 Å². The molecule has 0 atom stereocenters. The Balaban J connectivity index is 2.16. The molecule has 2 aromatic rings. The van der Waals surface area contributed by atoms with Gasteiger partial charge in [0.2, 0.25) is 0 Å². The van der Waals surface area contributed by atoms with Crippen molar-refractivity contribution < 1.29 is 23.3 Å². The lowest BCUT2D eigenvalue weighted by atomic mass is 10.2. The number of hydrogen-bond donors (Lipinski definition) is 2. The number of carbonyl (C=O) groups excluding carboxylic acids is 2. The minimum absolute atomic E-state index is 0.216. The molecule has 0 saturated carbocycles. The SMILES string of the molecule is O=C(Nc1ccccc1[N+](=O)[O-])C(=O)Nc1c(F)cccc1F. The molecule has 0 saturated heterocycles. The van der Waals surface area contributed by atoms with Crippen LogP contribution in [0.3, 0.4) is 0 Å².